The van der Waals surface area contributed by atoms with Crippen LogP contribution in [0, 0.1) is 5.92 Å². The lowest BCUT2D eigenvalue weighted by Crippen LogP contribution is -2.18. The van der Waals surface area contributed by atoms with E-state index in [-0.39, 0.29) is 17.7 Å². The van der Waals surface area contributed by atoms with E-state index in [4.69, 9.17) is 23.2 Å². The molecule has 3 nitrogen and oxygen atoms in total. The summed E-state index contributed by atoms with van der Waals surface area (Å²) in [6.45, 7) is 0. The van der Waals surface area contributed by atoms with Gasteiger partial charge in [-0.2, -0.15) is 5.10 Å². The Morgan fingerprint density at radius 2 is 1.78 bits per heavy atom. The van der Waals surface area contributed by atoms with E-state index in [0.717, 1.165) is 5.56 Å². The first-order valence-corrected chi connectivity index (χ1v) is 8.57. The number of amides is 1. The molecule has 1 fully saturated rings. The maximum absolute atomic E-state index is 12.1. The van der Waals surface area contributed by atoms with Crippen molar-refractivity contribution in [1.29, 1.82) is 0 Å². The van der Waals surface area contributed by atoms with Gasteiger partial charge in [-0.05, 0) is 33.6 Å². The average Bonchev–Trinajstić information content (AvgIpc) is 3.09. The Labute approximate surface area is 152 Å². The van der Waals surface area contributed by atoms with Crippen LogP contribution >= 0.6 is 39.1 Å². The summed E-state index contributed by atoms with van der Waals surface area (Å²) in [4.78, 5) is 12.1. The number of alkyl halides is 2. The van der Waals surface area contributed by atoms with Crippen LogP contribution in [-0.2, 0) is 0 Å². The second-order valence-electron chi connectivity index (χ2n) is 5.29. The van der Waals surface area contributed by atoms with Gasteiger partial charge >= 0.3 is 0 Å². The number of carbonyl (C=O) groups excluding carboxylic acids is 1. The van der Waals surface area contributed by atoms with Crippen LogP contribution in [0.1, 0.15) is 21.8 Å². The van der Waals surface area contributed by atoms with Crippen LogP contribution in [-0.4, -0.2) is 16.5 Å². The monoisotopic (exact) mass is 410 g/mol. The fourth-order valence-electron chi connectivity index (χ4n) is 2.51. The first-order chi connectivity index (χ1) is 11.0. The van der Waals surface area contributed by atoms with E-state index in [1.807, 2.05) is 36.4 Å². The number of rotatable bonds is 4. The number of benzene rings is 2. The van der Waals surface area contributed by atoms with Crippen LogP contribution in [0.2, 0.25) is 0 Å². The maximum atomic E-state index is 12.1. The molecule has 0 spiro atoms. The van der Waals surface area contributed by atoms with Crippen LogP contribution in [0.15, 0.2) is 64.2 Å². The van der Waals surface area contributed by atoms with Crippen LogP contribution in [0.5, 0.6) is 0 Å². The second-order valence-corrected chi connectivity index (χ2v) is 7.59. The van der Waals surface area contributed by atoms with Crippen molar-refractivity contribution in [2.24, 2.45) is 11.0 Å². The predicted octanol–water partition coefficient (Wildman–Crippen LogP) is 4.75. The van der Waals surface area contributed by atoms with Gasteiger partial charge in [0.1, 0.15) is 4.33 Å². The van der Waals surface area contributed by atoms with Crippen molar-refractivity contribution in [2.75, 3.05) is 0 Å². The van der Waals surface area contributed by atoms with Crippen molar-refractivity contribution >= 4 is 51.3 Å². The summed E-state index contributed by atoms with van der Waals surface area (Å²) in [5.41, 5.74) is 4.08. The molecule has 1 aliphatic carbocycles. The third-order valence-corrected chi connectivity index (χ3v) is 5.45. The number of halogens is 3. The minimum absolute atomic E-state index is 0.0175. The minimum Gasteiger partial charge on any atom is -0.267 e. The number of carbonyl (C=O) groups is 1. The molecule has 3 rings (SSSR count). The molecular formula is C17H13BrCl2N2O. The molecule has 1 amide bonds. The van der Waals surface area contributed by atoms with Gasteiger partial charge in [0.15, 0.2) is 0 Å². The molecule has 1 saturated carbocycles. The highest BCUT2D eigenvalue weighted by atomic mass is 79.9. The summed E-state index contributed by atoms with van der Waals surface area (Å²) in [5.74, 6) is -0.440. The maximum Gasteiger partial charge on any atom is 0.272 e. The molecule has 23 heavy (non-hydrogen) atoms. The van der Waals surface area contributed by atoms with E-state index < -0.39 is 4.33 Å². The highest BCUT2D eigenvalue weighted by molar-refractivity contribution is 9.10. The highest BCUT2D eigenvalue weighted by Gasteiger charge is 2.63. The van der Waals surface area contributed by atoms with Gasteiger partial charge in [-0.25, -0.2) is 5.43 Å². The number of nitrogens with zero attached hydrogens (tertiary/aromatic N) is 1. The molecule has 0 aromatic heterocycles. The van der Waals surface area contributed by atoms with Crippen LogP contribution in [0.25, 0.3) is 0 Å². The van der Waals surface area contributed by atoms with Crippen molar-refractivity contribution in [2.45, 2.75) is 10.3 Å². The van der Waals surface area contributed by atoms with E-state index in [0.29, 0.717) is 10.0 Å². The van der Waals surface area contributed by atoms with E-state index in [1.165, 1.54) is 0 Å². The van der Waals surface area contributed by atoms with Gasteiger partial charge in [0, 0.05) is 22.5 Å². The number of hydrogen-bond acceptors (Lipinski definition) is 2. The van der Waals surface area contributed by atoms with Gasteiger partial charge in [0.05, 0.1) is 5.56 Å². The summed E-state index contributed by atoms with van der Waals surface area (Å²) in [5, 5.41) is 4.01. The van der Waals surface area contributed by atoms with Crippen molar-refractivity contribution in [3.8, 4) is 0 Å². The largest absolute Gasteiger partial charge is 0.272 e. The summed E-state index contributed by atoms with van der Waals surface area (Å²) >= 11 is 16.0. The lowest BCUT2D eigenvalue weighted by Gasteiger charge is -2.01. The third-order valence-electron chi connectivity index (χ3n) is 3.79. The van der Waals surface area contributed by atoms with Gasteiger partial charge < -0.3 is 0 Å². The Kier molecular flexibility index (Phi) is 4.76. The minimum atomic E-state index is -0.886. The standard InChI is InChI=1S/C17H13BrCl2N2O/c18-14-9-5-4-8-12(14)16(23)22-21-10-13-15(17(13,19)20)11-6-2-1-3-7-11/h1-10,13,15H,(H,22,23)/b21-10-/t13-,15-/m1/s1. The molecule has 0 bridgehead atoms. The third kappa shape index (κ3) is 3.44. The molecule has 6 heteroatoms. The predicted molar refractivity (Wildman–Crippen MR) is 97.2 cm³/mol. The molecule has 0 aliphatic heterocycles. The van der Waals surface area contributed by atoms with Crippen molar-refractivity contribution in [3.63, 3.8) is 0 Å². The topological polar surface area (TPSA) is 41.5 Å². The highest BCUT2D eigenvalue weighted by Crippen LogP contribution is 2.63. The van der Waals surface area contributed by atoms with Crippen molar-refractivity contribution < 1.29 is 4.79 Å². The van der Waals surface area contributed by atoms with E-state index in [1.54, 1.807) is 24.4 Å². The zero-order valence-electron chi connectivity index (χ0n) is 11.9. The Morgan fingerprint density at radius 1 is 1.13 bits per heavy atom. The molecule has 0 radical (unpaired) electrons. The first-order valence-electron chi connectivity index (χ1n) is 7.02. The fraction of sp³-hybridized carbons (Fsp3) is 0.176. The Hall–Kier alpha value is -1.36. The molecule has 0 heterocycles. The smallest absolute Gasteiger partial charge is 0.267 e. The molecule has 2 aromatic carbocycles. The van der Waals surface area contributed by atoms with Gasteiger partial charge in [-0.3, -0.25) is 4.79 Å². The normalized spacial score (nSPS) is 22.0. The molecule has 1 aliphatic rings. The van der Waals surface area contributed by atoms with E-state index >= 15 is 0 Å². The van der Waals surface area contributed by atoms with E-state index in [2.05, 4.69) is 26.5 Å². The Bertz CT molecular complexity index is 749. The zero-order valence-corrected chi connectivity index (χ0v) is 15.0. The van der Waals surface area contributed by atoms with Crippen molar-refractivity contribution in [3.05, 3.63) is 70.2 Å². The number of hydrogen-bond donors (Lipinski definition) is 1. The molecule has 0 saturated heterocycles. The molecule has 0 unspecified atom stereocenters. The Morgan fingerprint density at radius 3 is 2.48 bits per heavy atom. The quantitative estimate of drug-likeness (QED) is 0.440. The average molecular weight is 412 g/mol. The van der Waals surface area contributed by atoms with Crippen LogP contribution in [0.3, 0.4) is 0 Å². The summed E-state index contributed by atoms with van der Waals surface area (Å²) in [6.07, 6.45) is 1.60. The van der Waals surface area contributed by atoms with Gasteiger partial charge in [-0.1, -0.05) is 42.5 Å². The zero-order chi connectivity index (χ0) is 16.4. The van der Waals surface area contributed by atoms with Gasteiger partial charge in [-0.15, -0.1) is 23.2 Å². The summed E-state index contributed by atoms with van der Waals surface area (Å²) in [6, 6.07) is 16.9. The molecule has 2 atom stereocenters. The molecule has 118 valence electrons. The van der Waals surface area contributed by atoms with Crippen molar-refractivity contribution in [1.82, 2.24) is 5.43 Å². The van der Waals surface area contributed by atoms with Crippen LogP contribution < -0.4 is 5.43 Å². The second kappa shape index (κ2) is 6.63. The fourth-order valence-corrected chi connectivity index (χ4v) is 3.73. The van der Waals surface area contributed by atoms with Gasteiger partial charge in [0.25, 0.3) is 5.91 Å². The molecule has 2 aromatic rings. The van der Waals surface area contributed by atoms with E-state index in [9.17, 15) is 4.79 Å². The molecular weight excluding hydrogens is 399 g/mol. The van der Waals surface area contributed by atoms with Crippen LogP contribution in [0.4, 0.5) is 0 Å². The lowest BCUT2D eigenvalue weighted by atomic mass is 10.1. The SMILES string of the molecule is O=C(N/N=C\[C@@H]1[C@@H](c2ccccc2)C1(Cl)Cl)c1ccccc1Br. The Balaban J connectivity index is 1.65. The van der Waals surface area contributed by atoms with Gasteiger partial charge in [0.2, 0.25) is 0 Å². The number of nitrogens with one attached hydrogen (secondary N) is 1. The summed E-state index contributed by atoms with van der Waals surface area (Å²) in [7, 11) is 0. The number of hydrazone groups is 1. The first kappa shape index (κ1) is 16.5. The summed E-state index contributed by atoms with van der Waals surface area (Å²) < 4.78 is -0.173. The lowest BCUT2D eigenvalue weighted by molar-refractivity contribution is 0.0954. The molecule has 1 N–H and O–H groups in total.